The normalized spacial score (nSPS) is 13.5. The van der Waals surface area contributed by atoms with Gasteiger partial charge in [0.15, 0.2) is 0 Å². The first kappa shape index (κ1) is 15.4. The molecule has 0 spiro atoms. The fraction of sp³-hybridized carbons (Fsp3) is 0.294. The van der Waals surface area contributed by atoms with Gasteiger partial charge in [-0.15, -0.1) is 0 Å². The van der Waals surface area contributed by atoms with E-state index < -0.39 is 6.10 Å². The summed E-state index contributed by atoms with van der Waals surface area (Å²) in [5, 5.41) is 9.31. The van der Waals surface area contributed by atoms with E-state index >= 15 is 0 Å². The van der Waals surface area contributed by atoms with Crippen LogP contribution in [0.2, 0.25) is 0 Å². The molecule has 0 bridgehead atoms. The summed E-state index contributed by atoms with van der Waals surface area (Å²) in [5.41, 5.74) is 5.90. The largest absolute Gasteiger partial charge is 0.486 e. The molecule has 2 atom stereocenters. The fourth-order valence-electron chi connectivity index (χ4n) is 1.91. The number of aliphatic hydroxyl groups is 1. The number of rotatable bonds is 7. The van der Waals surface area contributed by atoms with Crippen LogP contribution < -0.4 is 15.2 Å². The summed E-state index contributed by atoms with van der Waals surface area (Å²) in [6.45, 7) is 1.87. The monoisotopic (exact) mass is 287 g/mol. The van der Waals surface area contributed by atoms with Gasteiger partial charge in [0.05, 0.1) is 6.61 Å². The third-order valence-electron chi connectivity index (χ3n) is 3.22. The Balaban J connectivity index is 1.98. The van der Waals surface area contributed by atoms with Crippen molar-refractivity contribution in [2.24, 2.45) is 5.73 Å². The number of aliphatic hydroxyl groups excluding tert-OH is 1. The smallest absolute Gasteiger partial charge is 0.137 e. The molecule has 0 saturated heterocycles. The van der Waals surface area contributed by atoms with Crippen LogP contribution >= 0.6 is 0 Å². The van der Waals surface area contributed by atoms with Gasteiger partial charge in [0, 0.05) is 6.04 Å². The van der Waals surface area contributed by atoms with E-state index in [1.165, 1.54) is 0 Å². The summed E-state index contributed by atoms with van der Waals surface area (Å²) in [6, 6.07) is 16.7. The molecule has 2 rings (SSSR count). The lowest BCUT2D eigenvalue weighted by Crippen LogP contribution is -2.41. The molecule has 0 radical (unpaired) electrons. The molecule has 0 aliphatic rings. The highest BCUT2D eigenvalue weighted by Gasteiger charge is 2.16. The van der Waals surface area contributed by atoms with Gasteiger partial charge in [-0.25, -0.2) is 0 Å². The van der Waals surface area contributed by atoms with Crippen LogP contribution in [0.25, 0.3) is 0 Å². The van der Waals surface area contributed by atoms with E-state index in [-0.39, 0.29) is 12.6 Å². The van der Waals surface area contributed by atoms with E-state index in [0.29, 0.717) is 5.75 Å². The molecule has 4 nitrogen and oxygen atoms in total. The first-order valence-electron chi connectivity index (χ1n) is 7.09. The predicted molar refractivity (Wildman–Crippen MR) is 82.7 cm³/mol. The fourth-order valence-corrected chi connectivity index (χ4v) is 1.91. The zero-order valence-corrected chi connectivity index (χ0v) is 12.1. The standard InChI is InChI=1S/C17H21NO3/c1-2-16(18)17(12-19)21-15-10-8-14(9-11-15)20-13-6-4-3-5-7-13/h3-11,16-17,19H,2,12,18H2,1H3. The average Bonchev–Trinajstić information content (AvgIpc) is 2.54. The molecule has 0 aliphatic carbocycles. The van der Waals surface area contributed by atoms with Crippen molar-refractivity contribution in [2.75, 3.05) is 6.61 Å². The van der Waals surface area contributed by atoms with E-state index in [2.05, 4.69) is 0 Å². The van der Waals surface area contributed by atoms with Crippen LogP contribution in [0.1, 0.15) is 13.3 Å². The van der Waals surface area contributed by atoms with Gasteiger partial charge in [-0.3, -0.25) is 0 Å². The Morgan fingerprint density at radius 2 is 1.52 bits per heavy atom. The number of hydrogen-bond donors (Lipinski definition) is 2. The third kappa shape index (κ3) is 4.48. The molecule has 0 fully saturated rings. The van der Waals surface area contributed by atoms with E-state index in [0.717, 1.165) is 17.9 Å². The Bertz CT molecular complexity index is 527. The molecule has 2 unspecified atom stereocenters. The number of ether oxygens (including phenoxy) is 2. The SMILES string of the molecule is CCC(N)C(CO)Oc1ccc(Oc2ccccc2)cc1. The molecule has 0 amide bonds. The van der Waals surface area contributed by atoms with Crippen LogP contribution in [0.15, 0.2) is 54.6 Å². The van der Waals surface area contributed by atoms with Crippen molar-refractivity contribution >= 4 is 0 Å². The first-order valence-corrected chi connectivity index (χ1v) is 7.09. The topological polar surface area (TPSA) is 64.7 Å². The lowest BCUT2D eigenvalue weighted by molar-refractivity contribution is 0.0932. The average molecular weight is 287 g/mol. The number of benzene rings is 2. The lowest BCUT2D eigenvalue weighted by atomic mass is 10.1. The second kappa shape index (κ2) is 7.67. The molecular weight excluding hydrogens is 266 g/mol. The first-order chi connectivity index (χ1) is 10.2. The Labute approximate surface area is 125 Å². The van der Waals surface area contributed by atoms with Crippen LogP contribution in [0.4, 0.5) is 0 Å². The van der Waals surface area contributed by atoms with Crippen LogP contribution in [0, 0.1) is 0 Å². The van der Waals surface area contributed by atoms with Crippen molar-refractivity contribution in [3.8, 4) is 17.2 Å². The number of nitrogens with two attached hydrogens (primary N) is 1. The highest BCUT2D eigenvalue weighted by atomic mass is 16.5. The van der Waals surface area contributed by atoms with Gasteiger partial charge in [-0.1, -0.05) is 25.1 Å². The zero-order chi connectivity index (χ0) is 15.1. The molecule has 112 valence electrons. The maximum absolute atomic E-state index is 9.31. The molecule has 2 aromatic rings. The van der Waals surface area contributed by atoms with Gasteiger partial charge >= 0.3 is 0 Å². The van der Waals surface area contributed by atoms with E-state index in [1.807, 2.05) is 61.5 Å². The summed E-state index contributed by atoms with van der Waals surface area (Å²) in [4.78, 5) is 0. The van der Waals surface area contributed by atoms with E-state index in [4.69, 9.17) is 15.2 Å². The summed E-state index contributed by atoms with van der Waals surface area (Å²) in [6.07, 6.45) is 0.358. The minimum absolute atomic E-state index is 0.0999. The Kier molecular flexibility index (Phi) is 5.60. The minimum atomic E-state index is -0.393. The molecule has 2 aromatic carbocycles. The summed E-state index contributed by atoms with van der Waals surface area (Å²) >= 11 is 0. The lowest BCUT2D eigenvalue weighted by Gasteiger charge is -2.22. The van der Waals surface area contributed by atoms with Crippen molar-refractivity contribution in [3.05, 3.63) is 54.6 Å². The maximum Gasteiger partial charge on any atom is 0.137 e. The summed E-state index contributed by atoms with van der Waals surface area (Å²) in [7, 11) is 0. The number of hydrogen-bond acceptors (Lipinski definition) is 4. The van der Waals surface area contributed by atoms with Crippen molar-refractivity contribution < 1.29 is 14.6 Å². The van der Waals surface area contributed by atoms with Gasteiger partial charge in [0.1, 0.15) is 23.4 Å². The molecule has 0 aliphatic heterocycles. The van der Waals surface area contributed by atoms with E-state index in [9.17, 15) is 5.11 Å². The van der Waals surface area contributed by atoms with E-state index in [1.54, 1.807) is 0 Å². The Morgan fingerprint density at radius 3 is 2.10 bits per heavy atom. The summed E-state index contributed by atoms with van der Waals surface area (Å²) < 4.78 is 11.4. The highest BCUT2D eigenvalue weighted by molar-refractivity contribution is 5.35. The zero-order valence-electron chi connectivity index (χ0n) is 12.1. The Hall–Kier alpha value is -2.04. The molecule has 21 heavy (non-hydrogen) atoms. The molecule has 4 heteroatoms. The van der Waals surface area contributed by atoms with Crippen LogP contribution in [0.3, 0.4) is 0 Å². The van der Waals surface area contributed by atoms with Crippen LogP contribution in [-0.4, -0.2) is 23.9 Å². The number of para-hydroxylation sites is 1. The van der Waals surface area contributed by atoms with Gasteiger partial charge < -0.3 is 20.3 Å². The quantitative estimate of drug-likeness (QED) is 0.821. The molecule has 0 saturated carbocycles. The van der Waals surface area contributed by atoms with Gasteiger partial charge in [0.2, 0.25) is 0 Å². The molecule has 0 heterocycles. The van der Waals surface area contributed by atoms with Crippen LogP contribution in [0.5, 0.6) is 17.2 Å². The molecular formula is C17H21NO3. The van der Waals surface area contributed by atoms with Gasteiger partial charge in [-0.2, -0.15) is 0 Å². The second-order valence-electron chi connectivity index (χ2n) is 4.80. The third-order valence-corrected chi connectivity index (χ3v) is 3.22. The Morgan fingerprint density at radius 1 is 0.952 bits per heavy atom. The second-order valence-corrected chi connectivity index (χ2v) is 4.80. The maximum atomic E-state index is 9.31. The highest BCUT2D eigenvalue weighted by Crippen LogP contribution is 2.24. The van der Waals surface area contributed by atoms with Crippen LogP contribution in [-0.2, 0) is 0 Å². The van der Waals surface area contributed by atoms with Crippen molar-refractivity contribution in [1.82, 2.24) is 0 Å². The van der Waals surface area contributed by atoms with Gasteiger partial charge in [-0.05, 0) is 42.8 Å². The van der Waals surface area contributed by atoms with Gasteiger partial charge in [0.25, 0.3) is 0 Å². The predicted octanol–water partition coefficient (Wildman–Crippen LogP) is 2.96. The van der Waals surface area contributed by atoms with Crippen molar-refractivity contribution in [3.63, 3.8) is 0 Å². The molecule has 3 N–H and O–H groups in total. The van der Waals surface area contributed by atoms with Crippen molar-refractivity contribution in [2.45, 2.75) is 25.5 Å². The van der Waals surface area contributed by atoms with Crippen molar-refractivity contribution in [1.29, 1.82) is 0 Å². The minimum Gasteiger partial charge on any atom is -0.486 e. The summed E-state index contributed by atoms with van der Waals surface area (Å²) in [5.74, 6) is 2.18. The molecule has 0 aromatic heterocycles.